The van der Waals surface area contributed by atoms with Gasteiger partial charge in [0.15, 0.2) is 6.10 Å². The molecular weight excluding hydrogens is 790 g/mol. The van der Waals surface area contributed by atoms with Gasteiger partial charge in [-0.25, -0.2) is 4.57 Å². The second-order valence-corrected chi connectivity index (χ2v) is 18.4. The zero-order chi connectivity index (χ0) is 45.1. The number of hydrogen-bond acceptors (Lipinski definition) is 8. The number of carbonyl (C=O) groups excluding carboxylic acids is 2. The van der Waals surface area contributed by atoms with Crippen LogP contribution in [0.4, 0.5) is 0 Å². The van der Waals surface area contributed by atoms with Crippen molar-refractivity contribution < 1.29 is 47.2 Å². The van der Waals surface area contributed by atoms with Crippen LogP contribution in [-0.4, -0.2) is 86.1 Å². The molecule has 10 nitrogen and oxygen atoms in total. The molecule has 0 aliphatic rings. The molecule has 0 aliphatic carbocycles. The molecule has 0 radical (unpaired) electrons. The molecule has 0 spiro atoms. The van der Waals surface area contributed by atoms with E-state index >= 15 is 0 Å². The molecule has 0 amide bonds. The van der Waals surface area contributed by atoms with Crippen LogP contribution in [0.2, 0.25) is 0 Å². The lowest BCUT2D eigenvalue weighted by atomic mass is 10.0. The van der Waals surface area contributed by atoms with Crippen molar-refractivity contribution in [2.24, 2.45) is 0 Å². The van der Waals surface area contributed by atoms with Gasteiger partial charge in [-0.05, 0) is 44.9 Å². The van der Waals surface area contributed by atoms with Gasteiger partial charge in [0.1, 0.15) is 19.8 Å². The molecule has 2 unspecified atom stereocenters. The van der Waals surface area contributed by atoms with Crippen molar-refractivity contribution in [1.82, 2.24) is 0 Å². The van der Waals surface area contributed by atoms with Crippen molar-refractivity contribution in [1.29, 1.82) is 0 Å². The van der Waals surface area contributed by atoms with Crippen molar-refractivity contribution in [3.8, 4) is 0 Å². The minimum absolute atomic E-state index is 0.00673. The predicted molar refractivity (Wildman–Crippen MR) is 253 cm³/mol. The van der Waals surface area contributed by atoms with Crippen molar-refractivity contribution in [2.75, 3.05) is 47.5 Å². The first-order chi connectivity index (χ1) is 29.4. The highest BCUT2D eigenvalue weighted by Crippen LogP contribution is 2.43. The summed E-state index contributed by atoms with van der Waals surface area (Å²) in [5, 5.41) is 10.0. The lowest BCUT2D eigenvalue weighted by molar-refractivity contribution is -0.870. The van der Waals surface area contributed by atoms with Gasteiger partial charge in [0.05, 0.1) is 33.9 Å². The Hall–Kier alpha value is -2.59. The number of esters is 2. The molecule has 0 heterocycles. The van der Waals surface area contributed by atoms with E-state index in [0.29, 0.717) is 30.3 Å². The maximum Gasteiger partial charge on any atom is 0.472 e. The van der Waals surface area contributed by atoms with Gasteiger partial charge < -0.3 is 24.0 Å². The number of phosphoric ester groups is 1. The molecular formula is C50H89NO9P+. The summed E-state index contributed by atoms with van der Waals surface area (Å²) in [7, 11) is 1.39. The quantitative estimate of drug-likeness (QED) is 0.0154. The maximum atomic E-state index is 12.7. The van der Waals surface area contributed by atoms with Crippen LogP contribution in [0.25, 0.3) is 0 Å². The summed E-state index contributed by atoms with van der Waals surface area (Å²) in [5.41, 5.74) is 0. The van der Waals surface area contributed by atoms with Gasteiger partial charge in [-0.15, -0.1) is 0 Å². The minimum atomic E-state index is -4.41. The number of carbonyl (C=O) groups is 2. The number of ether oxygens (including phenoxy) is 2. The monoisotopic (exact) mass is 879 g/mol. The molecule has 11 heteroatoms. The number of phosphoric acid groups is 1. The standard InChI is InChI=1S/C50H88NO9P/c1-6-8-10-12-14-15-16-17-18-19-20-21-22-26-29-33-37-41-49(53)57-45-48(46-59-61(55,56)58-44-43-51(3,4)5)60-50(54)42-38-34-30-27-24-23-25-28-32-36-40-47(52)39-35-31-13-11-9-7-2/h9,11,23-24,28,30-32,34-36,40,47-48,52H,6-8,10,12-22,25-27,29,33,37-39,41-46H2,1-5H3/p+1/b11-9-,24-23-,32-28-,34-30-,35-31-,40-36+/t47?,48-/m1/s1. The van der Waals surface area contributed by atoms with Crippen molar-refractivity contribution >= 4 is 19.8 Å². The Balaban J connectivity index is 4.49. The number of nitrogens with zero attached hydrogens (tertiary/aromatic N) is 1. The average Bonchev–Trinajstić information content (AvgIpc) is 3.21. The Bertz CT molecular complexity index is 1280. The van der Waals surface area contributed by atoms with Crippen LogP contribution in [-0.2, 0) is 32.7 Å². The van der Waals surface area contributed by atoms with Crippen LogP contribution >= 0.6 is 7.82 Å². The first-order valence-corrected chi connectivity index (χ1v) is 25.3. The molecule has 0 fully saturated rings. The Morgan fingerprint density at radius 1 is 0.607 bits per heavy atom. The highest BCUT2D eigenvalue weighted by atomic mass is 31.2. The topological polar surface area (TPSA) is 129 Å². The summed E-state index contributed by atoms with van der Waals surface area (Å²) in [5.74, 6) is -0.926. The highest BCUT2D eigenvalue weighted by Gasteiger charge is 2.27. The second-order valence-electron chi connectivity index (χ2n) is 17.0. The van der Waals surface area contributed by atoms with Crippen LogP contribution in [0.5, 0.6) is 0 Å². The van der Waals surface area contributed by atoms with Crippen LogP contribution in [0, 0.1) is 0 Å². The number of allylic oxidation sites excluding steroid dienone is 10. The fourth-order valence-electron chi connectivity index (χ4n) is 6.12. The molecule has 0 saturated carbocycles. The number of rotatable bonds is 42. The highest BCUT2D eigenvalue weighted by molar-refractivity contribution is 7.47. The van der Waals surface area contributed by atoms with Gasteiger partial charge in [-0.2, -0.15) is 0 Å². The zero-order valence-corrected chi connectivity index (χ0v) is 40.1. The summed E-state index contributed by atoms with van der Waals surface area (Å²) < 4.78 is 34.2. The Morgan fingerprint density at radius 2 is 1.13 bits per heavy atom. The molecule has 3 atom stereocenters. The SMILES string of the molecule is CC/C=C\C/C=C\CC(O)/C=C/C=C\C/C=C\C/C=C\CCC(=O)O[C@H](COC(=O)CCCCCCCCCCCCCCCCCCC)COP(=O)(O)OCC[N+](C)(C)C. The zero-order valence-electron chi connectivity index (χ0n) is 39.2. The summed E-state index contributed by atoms with van der Waals surface area (Å²) in [6.45, 7) is 4.14. The number of quaternary nitrogens is 1. The van der Waals surface area contributed by atoms with E-state index in [1.165, 1.54) is 89.9 Å². The minimum Gasteiger partial charge on any atom is -0.462 e. The van der Waals surface area contributed by atoms with Gasteiger partial charge >= 0.3 is 19.8 Å². The molecule has 0 aromatic carbocycles. The van der Waals surface area contributed by atoms with Crippen LogP contribution in [0.3, 0.4) is 0 Å². The fourth-order valence-corrected chi connectivity index (χ4v) is 6.87. The lowest BCUT2D eigenvalue weighted by Crippen LogP contribution is -2.37. The predicted octanol–water partition coefficient (Wildman–Crippen LogP) is 12.8. The van der Waals surface area contributed by atoms with Crippen molar-refractivity contribution in [2.45, 2.75) is 187 Å². The van der Waals surface area contributed by atoms with Gasteiger partial charge in [-0.3, -0.25) is 18.6 Å². The van der Waals surface area contributed by atoms with Crippen molar-refractivity contribution in [3.63, 3.8) is 0 Å². The van der Waals surface area contributed by atoms with Crippen LogP contribution in [0.1, 0.15) is 174 Å². The molecule has 61 heavy (non-hydrogen) atoms. The summed E-state index contributed by atoms with van der Waals surface area (Å²) in [6.07, 6.45) is 48.5. The average molecular weight is 879 g/mol. The maximum absolute atomic E-state index is 12.7. The molecule has 2 N–H and O–H groups in total. The number of hydrogen-bond donors (Lipinski definition) is 2. The smallest absolute Gasteiger partial charge is 0.462 e. The molecule has 0 bridgehead atoms. The van der Waals surface area contributed by atoms with Crippen molar-refractivity contribution in [3.05, 3.63) is 72.9 Å². The van der Waals surface area contributed by atoms with E-state index in [9.17, 15) is 24.2 Å². The Labute approximate surface area is 372 Å². The normalized spacial score (nSPS) is 14.7. The van der Waals surface area contributed by atoms with Crippen LogP contribution < -0.4 is 0 Å². The molecule has 0 rings (SSSR count). The number of aliphatic hydroxyl groups is 1. The molecule has 0 aliphatic heterocycles. The number of likely N-dealkylation sites (N-methyl/N-ethyl adjacent to an activating group) is 1. The third kappa shape index (κ3) is 45.3. The Kier molecular flexibility index (Phi) is 39.7. The number of unbranched alkanes of at least 4 members (excludes halogenated alkanes) is 16. The van der Waals surface area contributed by atoms with E-state index in [4.69, 9.17) is 18.5 Å². The first kappa shape index (κ1) is 58.4. The van der Waals surface area contributed by atoms with Gasteiger partial charge in [-0.1, -0.05) is 189 Å². The summed E-state index contributed by atoms with van der Waals surface area (Å²) in [6, 6.07) is 0. The van der Waals surface area contributed by atoms with E-state index in [-0.39, 0.29) is 26.1 Å². The Morgan fingerprint density at radius 3 is 1.70 bits per heavy atom. The lowest BCUT2D eigenvalue weighted by Gasteiger charge is -2.24. The third-order valence-corrected chi connectivity index (χ3v) is 10.8. The van der Waals surface area contributed by atoms with Gasteiger partial charge in [0.25, 0.3) is 0 Å². The molecule has 352 valence electrons. The summed E-state index contributed by atoms with van der Waals surface area (Å²) >= 11 is 0. The van der Waals surface area contributed by atoms with E-state index in [0.717, 1.165) is 38.5 Å². The van der Waals surface area contributed by atoms with Crippen LogP contribution in [0.15, 0.2) is 72.9 Å². The third-order valence-electron chi connectivity index (χ3n) is 9.84. The van der Waals surface area contributed by atoms with E-state index in [1.807, 2.05) is 69.8 Å². The van der Waals surface area contributed by atoms with E-state index < -0.39 is 38.6 Å². The largest absolute Gasteiger partial charge is 0.472 e. The molecule has 0 aromatic rings. The second kappa shape index (κ2) is 41.4. The molecule has 0 saturated heterocycles. The van der Waals surface area contributed by atoms with Gasteiger partial charge in [0, 0.05) is 12.8 Å². The number of aliphatic hydroxyl groups excluding tert-OH is 1. The van der Waals surface area contributed by atoms with Gasteiger partial charge in [0.2, 0.25) is 0 Å². The molecule has 0 aromatic heterocycles. The first-order valence-electron chi connectivity index (χ1n) is 23.8. The fraction of sp³-hybridized carbons (Fsp3) is 0.720. The van der Waals surface area contributed by atoms with E-state index in [1.54, 1.807) is 6.08 Å². The van der Waals surface area contributed by atoms with E-state index in [2.05, 4.69) is 32.1 Å². The summed E-state index contributed by atoms with van der Waals surface area (Å²) in [4.78, 5) is 35.4.